The maximum absolute atomic E-state index is 11.7. The molecule has 0 aliphatic carbocycles. The molecule has 0 aliphatic heterocycles. The smallest absolute Gasteiger partial charge is 0.244 e. The largest absolute Gasteiger partial charge is 0.352 e. The number of H-pyrrole nitrogens is 1. The second-order valence-corrected chi connectivity index (χ2v) is 5.61. The molecule has 0 atom stereocenters. The third-order valence-electron chi connectivity index (χ3n) is 2.53. The van der Waals surface area contributed by atoms with Gasteiger partial charge in [-0.15, -0.1) is 16.9 Å². The molecule has 9 heteroatoms. The summed E-state index contributed by atoms with van der Waals surface area (Å²) >= 11 is 1.52. The fourth-order valence-electron chi connectivity index (χ4n) is 1.47. The molecule has 0 saturated heterocycles. The van der Waals surface area contributed by atoms with Crippen LogP contribution in [0.1, 0.15) is 5.56 Å². The molecule has 2 aromatic heterocycles. The summed E-state index contributed by atoms with van der Waals surface area (Å²) in [5.74, 6) is 1.20. The van der Waals surface area contributed by atoms with Crippen LogP contribution in [0.5, 0.6) is 0 Å². The summed E-state index contributed by atoms with van der Waals surface area (Å²) in [6.45, 7) is 0.552. The molecule has 22 heavy (non-hydrogen) atoms. The molecule has 0 radical (unpaired) electrons. The minimum Gasteiger partial charge on any atom is -0.352 e. The van der Waals surface area contributed by atoms with E-state index >= 15 is 0 Å². The molecule has 8 nitrogen and oxygen atoms in total. The number of nitrogens with one attached hydrogen (secondary N) is 2. The first-order chi connectivity index (χ1) is 10.6. The lowest BCUT2D eigenvalue weighted by Crippen LogP contribution is -2.23. The lowest BCUT2D eigenvalue weighted by atomic mass is 10.3. The van der Waals surface area contributed by atoms with E-state index in [0.29, 0.717) is 12.5 Å². The second kappa shape index (κ2) is 8.13. The Bertz CT molecular complexity index is 610. The Morgan fingerprint density at radius 1 is 1.36 bits per heavy atom. The number of amides is 1. The van der Waals surface area contributed by atoms with Crippen LogP contribution >= 0.6 is 11.8 Å². The average molecular weight is 319 g/mol. The number of carbonyl (C=O) groups excluding carboxylic acids is 1. The highest BCUT2D eigenvalue weighted by molar-refractivity contribution is 7.99. The number of hydrogen-bond donors (Lipinski definition) is 2. The van der Waals surface area contributed by atoms with E-state index in [1.165, 1.54) is 17.8 Å². The number of aromatic nitrogens is 5. The third-order valence-corrected chi connectivity index (χ3v) is 3.43. The lowest BCUT2D eigenvalue weighted by Gasteiger charge is -2.08. The standard InChI is InChI=1S/C13H17N7OS/c1-20(2)13-15-7-10(8-16-13)3-4-11(21)14-5-6-22-12-9-17-19-18-12/h3-4,7-9H,5-6H2,1-2H3,(H,14,21)(H,17,18,19)/b4-3+. The summed E-state index contributed by atoms with van der Waals surface area (Å²) in [7, 11) is 3.74. The lowest BCUT2D eigenvalue weighted by molar-refractivity contribution is -0.116. The van der Waals surface area contributed by atoms with E-state index in [9.17, 15) is 4.79 Å². The maximum atomic E-state index is 11.7. The van der Waals surface area contributed by atoms with E-state index in [1.807, 2.05) is 19.0 Å². The summed E-state index contributed by atoms with van der Waals surface area (Å²) in [4.78, 5) is 21.8. The molecule has 0 saturated carbocycles. The quantitative estimate of drug-likeness (QED) is 0.437. The monoisotopic (exact) mass is 319 g/mol. The van der Waals surface area contributed by atoms with E-state index < -0.39 is 0 Å². The highest BCUT2D eigenvalue weighted by Crippen LogP contribution is 2.10. The first kappa shape index (κ1) is 16.0. The van der Waals surface area contributed by atoms with Crippen molar-refractivity contribution in [1.29, 1.82) is 0 Å². The van der Waals surface area contributed by atoms with Gasteiger partial charge < -0.3 is 10.2 Å². The van der Waals surface area contributed by atoms with Gasteiger partial charge >= 0.3 is 0 Å². The minimum absolute atomic E-state index is 0.155. The zero-order valence-electron chi connectivity index (χ0n) is 12.4. The van der Waals surface area contributed by atoms with Gasteiger partial charge in [-0.2, -0.15) is 10.3 Å². The summed E-state index contributed by atoms with van der Waals surface area (Å²) in [5, 5.41) is 13.8. The van der Waals surface area contributed by atoms with Crippen LogP contribution < -0.4 is 10.2 Å². The van der Waals surface area contributed by atoms with Gasteiger partial charge in [-0.25, -0.2) is 9.97 Å². The van der Waals surface area contributed by atoms with E-state index in [1.54, 1.807) is 24.7 Å². The fraction of sp³-hybridized carbons (Fsp3) is 0.308. The number of anilines is 1. The number of rotatable bonds is 7. The first-order valence-electron chi connectivity index (χ1n) is 6.59. The topological polar surface area (TPSA) is 99.7 Å². The van der Waals surface area contributed by atoms with Gasteiger partial charge in [0, 0.05) is 50.4 Å². The van der Waals surface area contributed by atoms with E-state index in [-0.39, 0.29) is 5.91 Å². The second-order valence-electron chi connectivity index (χ2n) is 4.49. The minimum atomic E-state index is -0.155. The van der Waals surface area contributed by atoms with Gasteiger partial charge in [0.1, 0.15) is 5.03 Å². The number of thioether (sulfide) groups is 1. The van der Waals surface area contributed by atoms with Crippen molar-refractivity contribution < 1.29 is 4.79 Å². The zero-order valence-corrected chi connectivity index (χ0v) is 13.2. The Morgan fingerprint density at radius 3 is 2.77 bits per heavy atom. The van der Waals surface area contributed by atoms with Gasteiger partial charge in [0.2, 0.25) is 11.9 Å². The molecule has 2 N–H and O–H groups in total. The van der Waals surface area contributed by atoms with Crippen molar-refractivity contribution in [1.82, 2.24) is 30.7 Å². The fourth-order valence-corrected chi connectivity index (χ4v) is 2.12. The summed E-state index contributed by atoms with van der Waals surface area (Å²) in [6.07, 6.45) is 8.14. The van der Waals surface area contributed by atoms with Crippen molar-refractivity contribution in [3.63, 3.8) is 0 Å². The predicted octanol–water partition coefficient (Wildman–Crippen LogP) is 0.582. The molecule has 0 aliphatic rings. The zero-order chi connectivity index (χ0) is 15.8. The highest BCUT2D eigenvalue weighted by Gasteiger charge is 2.00. The summed E-state index contributed by atoms with van der Waals surface area (Å²) < 4.78 is 0. The van der Waals surface area contributed by atoms with Crippen molar-refractivity contribution >= 4 is 29.7 Å². The van der Waals surface area contributed by atoms with E-state index in [4.69, 9.17) is 0 Å². The van der Waals surface area contributed by atoms with Gasteiger partial charge in [-0.1, -0.05) is 0 Å². The maximum Gasteiger partial charge on any atom is 0.244 e. The Balaban J connectivity index is 1.71. The van der Waals surface area contributed by atoms with Gasteiger partial charge in [0.25, 0.3) is 0 Å². The van der Waals surface area contributed by atoms with Crippen molar-refractivity contribution in [3.05, 3.63) is 30.2 Å². The molecule has 0 aromatic carbocycles. The van der Waals surface area contributed by atoms with Crippen molar-refractivity contribution in [2.75, 3.05) is 31.3 Å². The number of hydrogen-bond acceptors (Lipinski definition) is 7. The molecular weight excluding hydrogens is 302 g/mol. The van der Waals surface area contributed by atoms with E-state index in [0.717, 1.165) is 16.3 Å². The Labute approximate surface area is 132 Å². The molecule has 0 fully saturated rings. The van der Waals surface area contributed by atoms with Crippen LogP contribution in [0.4, 0.5) is 5.95 Å². The van der Waals surface area contributed by atoms with Gasteiger partial charge in [0.05, 0.1) is 6.20 Å². The van der Waals surface area contributed by atoms with Crippen LogP contribution in [0.15, 0.2) is 29.7 Å². The van der Waals surface area contributed by atoms with E-state index in [2.05, 4.69) is 30.7 Å². The van der Waals surface area contributed by atoms with Crippen LogP contribution in [0.2, 0.25) is 0 Å². The first-order valence-corrected chi connectivity index (χ1v) is 7.57. The molecule has 2 aromatic rings. The van der Waals surface area contributed by atoms with Crippen LogP contribution in [0.3, 0.4) is 0 Å². The predicted molar refractivity (Wildman–Crippen MR) is 85.5 cm³/mol. The normalized spacial score (nSPS) is 10.8. The molecule has 1 amide bonds. The Morgan fingerprint density at radius 2 is 2.14 bits per heavy atom. The van der Waals surface area contributed by atoms with Crippen LogP contribution in [0.25, 0.3) is 6.08 Å². The van der Waals surface area contributed by atoms with Gasteiger partial charge in [-0.05, 0) is 6.08 Å². The molecule has 0 bridgehead atoms. The molecule has 2 rings (SSSR count). The summed E-state index contributed by atoms with van der Waals surface area (Å²) in [5.41, 5.74) is 0.776. The SMILES string of the molecule is CN(C)c1ncc(/C=C/C(=O)NCCSc2cn[nH]n2)cn1. The number of carbonyl (C=O) groups is 1. The van der Waals surface area contributed by atoms with Crippen molar-refractivity contribution in [2.24, 2.45) is 0 Å². The number of aromatic amines is 1. The molecule has 0 spiro atoms. The Kier molecular flexibility index (Phi) is 5.90. The van der Waals surface area contributed by atoms with Crippen LogP contribution in [0, 0.1) is 0 Å². The van der Waals surface area contributed by atoms with Crippen LogP contribution in [-0.2, 0) is 4.79 Å². The average Bonchev–Trinajstić information content (AvgIpc) is 3.03. The molecular formula is C13H17N7OS. The van der Waals surface area contributed by atoms with Crippen LogP contribution in [-0.4, -0.2) is 57.7 Å². The van der Waals surface area contributed by atoms with Gasteiger partial charge in [0.15, 0.2) is 0 Å². The van der Waals surface area contributed by atoms with Crippen molar-refractivity contribution in [2.45, 2.75) is 5.03 Å². The van der Waals surface area contributed by atoms with Gasteiger partial charge in [-0.3, -0.25) is 4.79 Å². The molecule has 116 valence electrons. The third kappa shape index (κ3) is 5.17. The highest BCUT2D eigenvalue weighted by atomic mass is 32.2. The number of nitrogens with zero attached hydrogens (tertiary/aromatic N) is 5. The summed E-state index contributed by atoms with van der Waals surface area (Å²) in [6, 6.07) is 0. The Hall–Kier alpha value is -2.42. The molecule has 2 heterocycles. The molecule has 0 unspecified atom stereocenters. The van der Waals surface area contributed by atoms with Crippen molar-refractivity contribution in [3.8, 4) is 0 Å².